The van der Waals surface area contributed by atoms with E-state index in [0.29, 0.717) is 12.3 Å². The number of carbonyl (C=O) groups is 1. The van der Waals surface area contributed by atoms with Gasteiger partial charge in [-0.15, -0.1) is 0 Å². The summed E-state index contributed by atoms with van der Waals surface area (Å²) in [7, 11) is 0. The van der Waals surface area contributed by atoms with Crippen molar-refractivity contribution < 1.29 is 4.79 Å². The van der Waals surface area contributed by atoms with E-state index in [9.17, 15) is 4.79 Å². The summed E-state index contributed by atoms with van der Waals surface area (Å²) in [5.41, 5.74) is 3.42. The topological polar surface area (TPSA) is 35.6 Å². The number of hydrogen-bond acceptors (Lipinski definition) is 3. The van der Waals surface area contributed by atoms with E-state index < -0.39 is 0 Å². The lowest BCUT2D eigenvalue weighted by molar-refractivity contribution is -0.116. The van der Waals surface area contributed by atoms with Gasteiger partial charge in [-0.3, -0.25) is 9.69 Å². The maximum absolute atomic E-state index is 12.3. The van der Waals surface area contributed by atoms with E-state index in [1.807, 2.05) is 18.2 Å². The molecular formula is C25H33N3O. The average molecular weight is 392 g/mol. The van der Waals surface area contributed by atoms with Crippen molar-refractivity contribution in [3.63, 3.8) is 0 Å². The molecule has 1 aliphatic rings. The van der Waals surface area contributed by atoms with E-state index in [2.05, 4.69) is 77.5 Å². The number of piperazine rings is 1. The summed E-state index contributed by atoms with van der Waals surface area (Å²) in [6.07, 6.45) is 4.97. The first-order valence-corrected chi connectivity index (χ1v) is 10.7. The quantitative estimate of drug-likeness (QED) is 0.721. The van der Waals surface area contributed by atoms with Crippen LogP contribution in [0.2, 0.25) is 0 Å². The van der Waals surface area contributed by atoms with Crippen molar-refractivity contribution in [2.45, 2.75) is 26.2 Å². The van der Waals surface area contributed by atoms with Gasteiger partial charge in [0.25, 0.3) is 0 Å². The van der Waals surface area contributed by atoms with Crippen molar-refractivity contribution in [1.29, 1.82) is 0 Å². The first-order valence-electron chi connectivity index (χ1n) is 10.7. The van der Waals surface area contributed by atoms with Crippen LogP contribution in [0.1, 0.15) is 37.3 Å². The normalized spacial score (nSPS) is 15.8. The van der Waals surface area contributed by atoms with E-state index in [1.54, 1.807) is 0 Å². The molecule has 1 aliphatic heterocycles. The first kappa shape index (κ1) is 21.3. The summed E-state index contributed by atoms with van der Waals surface area (Å²) in [5.74, 6) is 0.600. The van der Waals surface area contributed by atoms with Crippen molar-refractivity contribution >= 4 is 17.7 Å². The Balaban J connectivity index is 1.33. The highest BCUT2D eigenvalue weighted by Gasteiger charge is 2.16. The van der Waals surface area contributed by atoms with Gasteiger partial charge in [-0.25, -0.2) is 0 Å². The summed E-state index contributed by atoms with van der Waals surface area (Å²) in [6, 6.07) is 18.6. The zero-order valence-electron chi connectivity index (χ0n) is 17.7. The summed E-state index contributed by atoms with van der Waals surface area (Å²) in [4.78, 5) is 17.1. The molecule has 0 saturated carbocycles. The Hall–Kier alpha value is -2.43. The van der Waals surface area contributed by atoms with Crippen molar-refractivity contribution in [2.75, 3.05) is 44.6 Å². The Morgan fingerprint density at radius 2 is 1.62 bits per heavy atom. The van der Waals surface area contributed by atoms with Gasteiger partial charge in [0, 0.05) is 51.4 Å². The second kappa shape index (κ2) is 10.9. The van der Waals surface area contributed by atoms with Gasteiger partial charge in [0.05, 0.1) is 0 Å². The number of carbonyl (C=O) groups excluding carboxylic acids is 1. The fraction of sp³-hybridized carbons (Fsp3) is 0.400. The Morgan fingerprint density at radius 3 is 2.28 bits per heavy atom. The molecule has 0 aromatic heterocycles. The molecular weight excluding hydrogens is 358 g/mol. The van der Waals surface area contributed by atoms with Gasteiger partial charge in [0.2, 0.25) is 5.91 Å². The molecule has 0 bridgehead atoms. The van der Waals surface area contributed by atoms with Gasteiger partial charge < -0.3 is 10.2 Å². The molecule has 0 spiro atoms. The molecule has 1 heterocycles. The molecule has 4 nitrogen and oxygen atoms in total. The minimum Gasteiger partial charge on any atom is -0.326 e. The number of nitrogens with zero attached hydrogens (tertiary/aromatic N) is 2. The van der Waals surface area contributed by atoms with Crippen LogP contribution in [0.25, 0.3) is 6.08 Å². The largest absolute Gasteiger partial charge is 0.326 e. The summed E-state index contributed by atoms with van der Waals surface area (Å²) < 4.78 is 0. The molecule has 154 valence electrons. The van der Waals surface area contributed by atoms with Crippen molar-refractivity contribution in [3.8, 4) is 0 Å². The van der Waals surface area contributed by atoms with Gasteiger partial charge in [0.1, 0.15) is 0 Å². The van der Waals surface area contributed by atoms with Crippen molar-refractivity contribution in [2.24, 2.45) is 0 Å². The van der Waals surface area contributed by atoms with Crippen LogP contribution in [0.15, 0.2) is 60.7 Å². The third-order valence-corrected chi connectivity index (χ3v) is 5.45. The lowest BCUT2D eigenvalue weighted by Crippen LogP contribution is -2.46. The first-order chi connectivity index (χ1) is 14.1. The molecule has 0 radical (unpaired) electrons. The van der Waals surface area contributed by atoms with Crippen molar-refractivity contribution in [1.82, 2.24) is 9.80 Å². The van der Waals surface area contributed by atoms with Crippen LogP contribution in [-0.2, 0) is 4.79 Å². The fourth-order valence-electron chi connectivity index (χ4n) is 3.53. The average Bonchev–Trinajstić information content (AvgIpc) is 2.74. The number of amides is 1. The zero-order chi connectivity index (χ0) is 20.5. The van der Waals surface area contributed by atoms with Crippen LogP contribution in [0.5, 0.6) is 0 Å². The fourth-order valence-corrected chi connectivity index (χ4v) is 3.53. The van der Waals surface area contributed by atoms with E-state index in [0.717, 1.165) is 45.0 Å². The molecule has 2 aromatic rings. The van der Waals surface area contributed by atoms with Crippen LogP contribution in [0, 0.1) is 0 Å². The summed E-state index contributed by atoms with van der Waals surface area (Å²) in [6.45, 7) is 10.3. The monoisotopic (exact) mass is 391 g/mol. The van der Waals surface area contributed by atoms with E-state index in [4.69, 9.17) is 0 Å². The van der Waals surface area contributed by atoms with Gasteiger partial charge >= 0.3 is 0 Å². The Labute approximate surface area is 175 Å². The van der Waals surface area contributed by atoms with Gasteiger partial charge in [-0.1, -0.05) is 68.5 Å². The standard InChI is InChI=1S/C25H33N3O/c1-21(2)23-10-12-24(13-11-23)26-25(29)14-16-28-19-17-27(18-20-28)15-6-9-22-7-4-3-5-8-22/h3-13,21H,14-20H2,1-2H3,(H,26,29)/b9-6+. The van der Waals surface area contributed by atoms with E-state index in [1.165, 1.54) is 11.1 Å². The van der Waals surface area contributed by atoms with Crippen molar-refractivity contribution in [3.05, 3.63) is 71.8 Å². The number of benzene rings is 2. The Bertz CT molecular complexity index is 775. The predicted octanol–water partition coefficient (Wildman–Crippen LogP) is 4.47. The van der Waals surface area contributed by atoms with E-state index in [-0.39, 0.29) is 5.91 Å². The van der Waals surface area contributed by atoms with Crippen LogP contribution >= 0.6 is 0 Å². The minimum absolute atomic E-state index is 0.0931. The number of hydrogen-bond donors (Lipinski definition) is 1. The lowest BCUT2D eigenvalue weighted by atomic mass is 10.0. The van der Waals surface area contributed by atoms with E-state index >= 15 is 0 Å². The highest BCUT2D eigenvalue weighted by Crippen LogP contribution is 2.17. The summed E-state index contributed by atoms with van der Waals surface area (Å²) >= 11 is 0. The number of rotatable bonds is 8. The second-order valence-corrected chi connectivity index (χ2v) is 8.03. The zero-order valence-corrected chi connectivity index (χ0v) is 17.7. The highest BCUT2D eigenvalue weighted by atomic mass is 16.1. The number of anilines is 1. The molecule has 2 aromatic carbocycles. The maximum atomic E-state index is 12.3. The highest BCUT2D eigenvalue weighted by molar-refractivity contribution is 5.90. The third-order valence-electron chi connectivity index (χ3n) is 5.45. The van der Waals surface area contributed by atoms with Gasteiger partial charge in [-0.05, 0) is 29.2 Å². The van der Waals surface area contributed by atoms with Gasteiger partial charge in [0.15, 0.2) is 0 Å². The van der Waals surface area contributed by atoms with Gasteiger partial charge in [-0.2, -0.15) is 0 Å². The predicted molar refractivity (Wildman–Crippen MR) is 122 cm³/mol. The Morgan fingerprint density at radius 1 is 0.966 bits per heavy atom. The molecule has 3 rings (SSSR count). The summed E-state index contributed by atoms with van der Waals surface area (Å²) in [5, 5.41) is 3.01. The van der Waals surface area contributed by atoms with Crippen LogP contribution in [-0.4, -0.2) is 55.0 Å². The molecule has 0 atom stereocenters. The molecule has 4 heteroatoms. The Kier molecular flexibility index (Phi) is 8.03. The molecule has 0 unspecified atom stereocenters. The molecule has 29 heavy (non-hydrogen) atoms. The van der Waals surface area contributed by atoms with Crippen LogP contribution < -0.4 is 5.32 Å². The second-order valence-electron chi connectivity index (χ2n) is 8.03. The lowest BCUT2D eigenvalue weighted by Gasteiger charge is -2.34. The molecule has 1 N–H and O–H groups in total. The molecule has 1 amide bonds. The van der Waals surface area contributed by atoms with Crippen LogP contribution in [0.3, 0.4) is 0 Å². The maximum Gasteiger partial charge on any atom is 0.225 e. The van der Waals surface area contributed by atoms with Crippen LogP contribution in [0.4, 0.5) is 5.69 Å². The SMILES string of the molecule is CC(C)c1ccc(NC(=O)CCN2CCN(C/C=C/c3ccccc3)CC2)cc1. The molecule has 0 aliphatic carbocycles. The molecule has 1 saturated heterocycles. The smallest absolute Gasteiger partial charge is 0.225 e. The third kappa shape index (κ3) is 7.15. The minimum atomic E-state index is 0.0931. The number of nitrogens with one attached hydrogen (secondary N) is 1. The molecule has 1 fully saturated rings.